The van der Waals surface area contributed by atoms with Gasteiger partial charge < -0.3 is 5.32 Å². The van der Waals surface area contributed by atoms with Gasteiger partial charge in [-0.15, -0.1) is 10.2 Å². The molecule has 4 aliphatic carbocycles. The van der Waals surface area contributed by atoms with E-state index >= 15 is 0 Å². The number of aromatic nitrogens is 2. The standard InChI is InChI=1S/C16H22BrN3OS/c1-9(2)12-19-20-14(22-12)18-13(21)15-4-10-3-11(5-15)7-16(17,6-10)8-15/h9-11H,3-8H2,1-2H3,(H,18,20,21). The molecule has 1 amide bonds. The summed E-state index contributed by atoms with van der Waals surface area (Å²) in [7, 11) is 0. The van der Waals surface area contributed by atoms with Crippen molar-refractivity contribution in [2.75, 3.05) is 5.32 Å². The predicted molar refractivity (Wildman–Crippen MR) is 91.4 cm³/mol. The molecule has 4 fully saturated rings. The molecule has 1 aromatic rings. The van der Waals surface area contributed by atoms with E-state index in [2.05, 4.69) is 45.3 Å². The van der Waals surface area contributed by atoms with Crippen molar-refractivity contribution in [3.05, 3.63) is 5.01 Å². The van der Waals surface area contributed by atoms with Crippen LogP contribution in [0.15, 0.2) is 0 Å². The highest BCUT2D eigenvalue weighted by molar-refractivity contribution is 9.10. The quantitative estimate of drug-likeness (QED) is 0.789. The zero-order valence-electron chi connectivity index (χ0n) is 13.1. The van der Waals surface area contributed by atoms with Gasteiger partial charge in [0.1, 0.15) is 5.01 Å². The second-order valence-corrected chi connectivity index (χ2v) is 10.6. The second kappa shape index (κ2) is 5.00. The number of nitrogens with zero attached hydrogens (tertiary/aromatic N) is 2. The molecule has 1 aromatic heterocycles. The van der Waals surface area contributed by atoms with Gasteiger partial charge in [-0.25, -0.2) is 0 Å². The highest BCUT2D eigenvalue weighted by atomic mass is 79.9. The normalized spacial score (nSPS) is 39.5. The average Bonchev–Trinajstić information content (AvgIpc) is 2.84. The molecule has 1 heterocycles. The van der Waals surface area contributed by atoms with E-state index in [-0.39, 0.29) is 15.6 Å². The molecule has 0 saturated heterocycles. The summed E-state index contributed by atoms with van der Waals surface area (Å²) in [5, 5.41) is 13.0. The molecular formula is C16H22BrN3OS. The van der Waals surface area contributed by atoms with Gasteiger partial charge in [-0.05, 0) is 50.4 Å². The topological polar surface area (TPSA) is 54.9 Å². The van der Waals surface area contributed by atoms with Crippen LogP contribution in [0.2, 0.25) is 0 Å². The van der Waals surface area contributed by atoms with Crippen LogP contribution in [-0.2, 0) is 4.79 Å². The highest BCUT2D eigenvalue weighted by Gasteiger charge is 2.59. The molecule has 0 aliphatic heterocycles. The Morgan fingerprint density at radius 1 is 1.27 bits per heavy atom. The summed E-state index contributed by atoms with van der Waals surface area (Å²) >= 11 is 5.47. The average molecular weight is 384 g/mol. The Kier molecular flexibility index (Phi) is 3.42. The Bertz CT molecular complexity index is 600. The van der Waals surface area contributed by atoms with Gasteiger partial charge in [0.15, 0.2) is 0 Å². The highest BCUT2D eigenvalue weighted by Crippen LogP contribution is 2.64. The smallest absolute Gasteiger partial charge is 0.232 e. The molecule has 4 saturated carbocycles. The van der Waals surface area contributed by atoms with E-state index in [9.17, 15) is 4.79 Å². The summed E-state index contributed by atoms with van der Waals surface area (Å²) in [6.07, 6.45) is 6.90. The minimum absolute atomic E-state index is 0.178. The van der Waals surface area contributed by atoms with Gasteiger partial charge in [-0.1, -0.05) is 41.1 Å². The van der Waals surface area contributed by atoms with Gasteiger partial charge in [-0.2, -0.15) is 0 Å². The molecule has 120 valence electrons. The van der Waals surface area contributed by atoms with Gasteiger partial charge in [0.2, 0.25) is 11.0 Å². The van der Waals surface area contributed by atoms with Crippen LogP contribution in [0.3, 0.4) is 0 Å². The lowest BCUT2D eigenvalue weighted by atomic mass is 9.49. The van der Waals surface area contributed by atoms with Crippen LogP contribution < -0.4 is 5.32 Å². The molecule has 0 spiro atoms. The van der Waals surface area contributed by atoms with Crippen molar-refractivity contribution < 1.29 is 4.79 Å². The van der Waals surface area contributed by atoms with Crippen LogP contribution in [0.5, 0.6) is 0 Å². The summed E-state index contributed by atoms with van der Waals surface area (Å²) in [6, 6.07) is 0. The number of carbonyl (C=O) groups excluding carboxylic acids is 1. The van der Waals surface area contributed by atoms with E-state index in [0.29, 0.717) is 22.9 Å². The van der Waals surface area contributed by atoms with Crippen LogP contribution in [0.4, 0.5) is 5.13 Å². The maximum absolute atomic E-state index is 13.0. The molecule has 5 rings (SSSR count). The van der Waals surface area contributed by atoms with Crippen molar-refractivity contribution in [3.8, 4) is 0 Å². The number of amides is 1. The van der Waals surface area contributed by atoms with Gasteiger partial charge in [-0.3, -0.25) is 4.79 Å². The number of carbonyl (C=O) groups is 1. The second-order valence-electron chi connectivity index (χ2n) is 7.95. The van der Waals surface area contributed by atoms with Crippen LogP contribution >= 0.6 is 27.3 Å². The summed E-state index contributed by atoms with van der Waals surface area (Å²) in [4.78, 5) is 13.0. The molecule has 0 radical (unpaired) electrons. The van der Waals surface area contributed by atoms with Gasteiger partial charge in [0.05, 0.1) is 5.41 Å². The van der Waals surface area contributed by atoms with Crippen molar-refractivity contribution >= 4 is 38.3 Å². The van der Waals surface area contributed by atoms with Crippen molar-refractivity contribution in [1.82, 2.24) is 10.2 Å². The molecule has 1 N–H and O–H groups in total. The zero-order chi connectivity index (χ0) is 15.5. The minimum atomic E-state index is -0.183. The van der Waals surface area contributed by atoms with Gasteiger partial charge in [0, 0.05) is 10.2 Å². The third kappa shape index (κ3) is 2.42. The monoisotopic (exact) mass is 383 g/mol. The Labute approximate surface area is 143 Å². The lowest BCUT2D eigenvalue weighted by Crippen LogP contribution is -2.57. The number of hydrogen-bond donors (Lipinski definition) is 1. The molecule has 0 aromatic carbocycles. The van der Waals surface area contributed by atoms with Gasteiger partial charge >= 0.3 is 0 Å². The Hall–Kier alpha value is -0.490. The first-order chi connectivity index (χ1) is 10.4. The largest absolute Gasteiger partial charge is 0.300 e. The zero-order valence-corrected chi connectivity index (χ0v) is 15.5. The van der Waals surface area contributed by atoms with Gasteiger partial charge in [0.25, 0.3) is 0 Å². The third-order valence-electron chi connectivity index (χ3n) is 5.63. The number of halogens is 1. The van der Waals surface area contributed by atoms with E-state index in [1.807, 2.05) is 0 Å². The molecule has 22 heavy (non-hydrogen) atoms. The fraction of sp³-hybridized carbons (Fsp3) is 0.812. The molecule has 2 unspecified atom stereocenters. The van der Waals surface area contributed by atoms with E-state index in [1.165, 1.54) is 30.6 Å². The molecule has 4 bridgehead atoms. The number of nitrogens with one attached hydrogen (secondary N) is 1. The first-order valence-electron chi connectivity index (χ1n) is 8.21. The Morgan fingerprint density at radius 2 is 1.95 bits per heavy atom. The van der Waals surface area contributed by atoms with Crippen molar-refractivity contribution in [2.24, 2.45) is 17.3 Å². The van der Waals surface area contributed by atoms with E-state index < -0.39 is 0 Å². The summed E-state index contributed by atoms with van der Waals surface area (Å²) in [5.74, 6) is 1.96. The fourth-order valence-electron chi connectivity index (χ4n) is 5.16. The molecule has 4 aliphatic rings. The van der Waals surface area contributed by atoms with E-state index in [1.54, 1.807) is 0 Å². The first-order valence-corrected chi connectivity index (χ1v) is 9.82. The van der Waals surface area contributed by atoms with Crippen molar-refractivity contribution in [1.29, 1.82) is 0 Å². The number of anilines is 1. The van der Waals surface area contributed by atoms with Crippen LogP contribution in [0.25, 0.3) is 0 Å². The third-order valence-corrected chi connectivity index (χ3v) is 7.69. The lowest BCUT2D eigenvalue weighted by Gasteiger charge is -2.59. The summed E-state index contributed by atoms with van der Waals surface area (Å²) in [6.45, 7) is 4.19. The van der Waals surface area contributed by atoms with Crippen LogP contribution in [-0.4, -0.2) is 20.4 Å². The van der Waals surface area contributed by atoms with E-state index in [4.69, 9.17) is 0 Å². The van der Waals surface area contributed by atoms with E-state index in [0.717, 1.165) is 24.3 Å². The maximum atomic E-state index is 13.0. The van der Waals surface area contributed by atoms with Crippen LogP contribution in [0.1, 0.15) is 63.3 Å². The summed E-state index contributed by atoms with van der Waals surface area (Å²) in [5.41, 5.74) is -0.183. The Balaban J connectivity index is 1.54. The van der Waals surface area contributed by atoms with Crippen molar-refractivity contribution in [3.63, 3.8) is 0 Å². The lowest BCUT2D eigenvalue weighted by molar-refractivity contribution is -0.138. The molecule has 6 heteroatoms. The Morgan fingerprint density at radius 3 is 2.50 bits per heavy atom. The fourth-order valence-corrected chi connectivity index (χ4v) is 7.36. The van der Waals surface area contributed by atoms with Crippen molar-refractivity contribution in [2.45, 2.75) is 62.6 Å². The number of alkyl halides is 1. The minimum Gasteiger partial charge on any atom is -0.300 e. The number of hydrogen-bond acceptors (Lipinski definition) is 4. The number of rotatable bonds is 3. The molecule has 4 nitrogen and oxygen atoms in total. The maximum Gasteiger partial charge on any atom is 0.232 e. The SMILES string of the molecule is CC(C)c1nnc(NC(=O)C23CC4CC(CC(Br)(C4)C2)C3)s1. The summed E-state index contributed by atoms with van der Waals surface area (Å²) < 4.78 is 0.207. The predicted octanol–water partition coefficient (Wildman–Crippen LogP) is 4.33. The molecular weight excluding hydrogens is 362 g/mol. The molecule has 2 atom stereocenters. The van der Waals surface area contributed by atoms with Crippen LogP contribution in [0, 0.1) is 17.3 Å². The first kappa shape index (κ1) is 15.1.